The van der Waals surface area contributed by atoms with E-state index in [0.717, 1.165) is 11.3 Å². The average Bonchev–Trinajstić information content (AvgIpc) is 2.98. The Labute approximate surface area is 166 Å². The summed E-state index contributed by atoms with van der Waals surface area (Å²) >= 11 is 0. The van der Waals surface area contributed by atoms with Crippen molar-refractivity contribution >= 4 is 21.9 Å². The van der Waals surface area contributed by atoms with Gasteiger partial charge in [0, 0.05) is 0 Å². The Bertz CT molecular complexity index is 935. The average molecular weight is 404 g/mol. The van der Waals surface area contributed by atoms with E-state index in [0.29, 0.717) is 12.0 Å². The van der Waals surface area contributed by atoms with E-state index in [9.17, 15) is 13.2 Å². The fourth-order valence-electron chi connectivity index (χ4n) is 3.15. The van der Waals surface area contributed by atoms with Crippen LogP contribution in [0.3, 0.4) is 0 Å². The maximum absolute atomic E-state index is 12.7. The summed E-state index contributed by atoms with van der Waals surface area (Å²) in [6.45, 7) is 5.26. The first-order chi connectivity index (χ1) is 13.1. The van der Waals surface area contributed by atoms with Crippen molar-refractivity contribution < 1.29 is 22.1 Å². The summed E-state index contributed by atoms with van der Waals surface area (Å²) in [7, 11) is -3.77. The molecule has 2 aromatic rings. The number of nitrogens with zero attached hydrogens (tertiary/aromatic N) is 1. The number of ether oxygens (including phenoxy) is 1. The number of benzene rings is 2. The largest absolute Gasteiger partial charge is 0.443 e. The summed E-state index contributed by atoms with van der Waals surface area (Å²) in [5.41, 5.74) is 1.69. The molecule has 28 heavy (non-hydrogen) atoms. The highest BCUT2D eigenvalue weighted by Gasteiger charge is 2.37. The Kier molecular flexibility index (Phi) is 5.76. The number of amides is 1. The van der Waals surface area contributed by atoms with Gasteiger partial charge in [0.05, 0.1) is 18.3 Å². The molecule has 2 aromatic carbocycles. The molecule has 3 rings (SSSR count). The van der Waals surface area contributed by atoms with Gasteiger partial charge in [-0.3, -0.25) is 9.08 Å². The van der Waals surface area contributed by atoms with Crippen molar-refractivity contribution in [1.29, 1.82) is 0 Å². The molecule has 0 bridgehead atoms. The molecule has 0 radical (unpaired) electrons. The highest BCUT2D eigenvalue weighted by molar-refractivity contribution is 7.85. The molecule has 0 saturated heterocycles. The lowest BCUT2D eigenvalue weighted by atomic mass is 10.1. The van der Waals surface area contributed by atoms with Crippen molar-refractivity contribution in [2.24, 2.45) is 0 Å². The first-order valence-electron chi connectivity index (χ1n) is 9.16. The predicted molar refractivity (Wildman–Crippen MR) is 108 cm³/mol. The van der Waals surface area contributed by atoms with Crippen LogP contribution < -0.4 is 4.90 Å². The summed E-state index contributed by atoms with van der Waals surface area (Å²) in [5, 5.41) is 0. The van der Waals surface area contributed by atoms with Crippen LogP contribution in [0.4, 0.5) is 10.5 Å². The monoisotopic (exact) mass is 403 g/mol. The third-order valence-corrected chi connectivity index (χ3v) is 5.47. The molecule has 0 fully saturated rings. The van der Waals surface area contributed by atoms with E-state index in [1.807, 2.05) is 30.3 Å². The van der Waals surface area contributed by atoms with E-state index < -0.39 is 27.9 Å². The molecule has 1 amide bonds. The molecular weight excluding hydrogens is 378 g/mol. The predicted octanol–water partition coefficient (Wildman–Crippen LogP) is 3.90. The lowest BCUT2D eigenvalue weighted by molar-refractivity contribution is 0.0560. The molecule has 150 valence electrons. The van der Waals surface area contributed by atoms with Crippen molar-refractivity contribution in [2.75, 3.05) is 11.5 Å². The normalized spacial score (nSPS) is 16.7. The lowest BCUT2D eigenvalue weighted by Gasteiger charge is -2.29. The quantitative estimate of drug-likeness (QED) is 0.708. The van der Waals surface area contributed by atoms with E-state index in [1.54, 1.807) is 45.0 Å². The maximum Gasteiger partial charge on any atom is 0.415 e. The number of hydrogen-bond donors (Lipinski definition) is 0. The van der Waals surface area contributed by atoms with Gasteiger partial charge in [0.25, 0.3) is 10.1 Å². The van der Waals surface area contributed by atoms with Crippen molar-refractivity contribution in [3.8, 4) is 0 Å². The van der Waals surface area contributed by atoms with Crippen LogP contribution in [0.2, 0.25) is 0 Å². The molecule has 1 aliphatic rings. The molecular formula is C21H25NO5S. The van der Waals surface area contributed by atoms with Crippen LogP contribution in [-0.2, 0) is 31.2 Å². The van der Waals surface area contributed by atoms with Gasteiger partial charge in [-0.2, -0.15) is 8.42 Å². The second-order valence-electron chi connectivity index (χ2n) is 7.81. The highest BCUT2D eigenvalue weighted by atomic mass is 32.2. The molecule has 6 nitrogen and oxygen atoms in total. The second-order valence-corrected chi connectivity index (χ2v) is 9.45. The Morgan fingerprint density at radius 3 is 2.39 bits per heavy atom. The number of hydrogen-bond acceptors (Lipinski definition) is 5. The number of para-hydroxylation sites is 1. The fourth-order valence-corrected chi connectivity index (χ4v) is 4.20. The number of carbonyl (C=O) groups is 1. The zero-order valence-electron chi connectivity index (χ0n) is 16.3. The van der Waals surface area contributed by atoms with E-state index in [4.69, 9.17) is 8.92 Å². The molecule has 0 aromatic heterocycles. The Morgan fingerprint density at radius 1 is 1.07 bits per heavy atom. The Morgan fingerprint density at radius 2 is 1.71 bits per heavy atom. The minimum absolute atomic E-state index is 0.122. The van der Waals surface area contributed by atoms with Crippen molar-refractivity contribution in [1.82, 2.24) is 0 Å². The smallest absolute Gasteiger partial charge is 0.415 e. The van der Waals surface area contributed by atoms with E-state index >= 15 is 0 Å². The number of fused-ring (bicyclic) bond motifs is 1. The van der Waals surface area contributed by atoms with Gasteiger partial charge in [0.15, 0.2) is 0 Å². The molecule has 0 unspecified atom stereocenters. The van der Waals surface area contributed by atoms with Crippen LogP contribution in [0.15, 0.2) is 54.6 Å². The van der Waals surface area contributed by atoms with Crippen LogP contribution in [-0.4, -0.2) is 32.8 Å². The molecule has 0 saturated carbocycles. The molecule has 1 heterocycles. The third-order valence-electron chi connectivity index (χ3n) is 4.29. The second kappa shape index (κ2) is 7.93. The minimum Gasteiger partial charge on any atom is -0.443 e. The van der Waals surface area contributed by atoms with Gasteiger partial charge in [-0.15, -0.1) is 0 Å². The van der Waals surface area contributed by atoms with Crippen LogP contribution >= 0.6 is 0 Å². The van der Waals surface area contributed by atoms with Crippen molar-refractivity contribution in [3.63, 3.8) is 0 Å². The van der Waals surface area contributed by atoms with Gasteiger partial charge >= 0.3 is 6.09 Å². The summed E-state index contributed by atoms with van der Waals surface area (Å²) in [6.07, 6.45) is 0.00233. The Hall–Kier alpha value is -2.38. The molecule has 1 aliphatic heterocycles. The number of anilines is 1. The Balaban J connectivity index is 1.74. The van der Waals surface area contributed by atoms with E-state index in [1.165, 1.54) is 4.90 Å². The molecule has 0 aliphatic carbocycles. The summed E-state index contributed by atoms with van der Waals surface area (Å²) in [4.78, 5) is 14.2. The molecule has 1 atom stereocenters. The minimum atomic E-state index is -3.77. The van der Waals surface area contributed by atoms with Gasteiger partial charge in [-0.1, -0.05) is 48.5 Å². The standard InChI is InChI=1S/C21H25NO5S/c1-21(2,3)27-20(23)22-18(13-17-11-7-8-12-19(17)22)14-26-28(24,25)15-16-9-5-4-6-10-16/h4-12,18H,13-15H2,1-3H3/t18-/m0/s1. The van der Waals surface area contributed by atoms with Gasteiger partial charge in [-0.05, 0) is 44.4 Å². The van der Waals surface area contributed by atoms with Crippen LogP contribution in [0, 0.1) is 0 Å². The molecule has 0 N–H and O–H groups in total. The van der Waals surface area contributed by atoms with Gasteiger partial charge < -0.3 is 4.74 Å². The van der Waals surface area contributed by atoms with Gasteiger partial charge in [-0.25, -0.2) is 4.79 Å². The van der Waals surface area contributed by atoms with Gasteiger partial charge in [0.1, 0.15) is 11.4 Å². The van der Waals surface area contributed by atoms with E-state index in [-0.39, 0.29) is 12.4 Å². The van der Waals surface area contributed by atoms with Crippen LogP contribution in [0.5, 0.6) is 0 Å². The lowest BCUT2D eigenvalue weighted by Crippen LogP contribution is -2.44. The number of rotatable bonds is 5. The van der Waals surface area contributed by atoms with Crippen molar-refractivity contribution in [3.05, 3.63) is 65.7 Å². The SMILES string of the molecule is CC(C)(C)OC(=O)N1c2ccccc2C[C@H]1COS(=O)(=O)Cc1ccccc1. The molecule has 7 heteroatoms. The summed E-state index contributed by atoms with van der Waals surface area (Å²) in [6, 6.07) is 15.9. The first kappa shape index (κ1) is 20.4. The van der Waals surface area contributed by atoms with E-state index in [2.05, 4.69) is 0 Å². The summed E-state index contributed by atoms with van der Waals surface area (Å²) < 4.78 is 35.6. The van der Waals surface area contributed by atoms with Gasteiger partial charge in [0.2, 0.25) is 0 Å². The zero-order valence-corrected chi connectivity index (χ0v) is 17.1. The first-order valence-corrected chi connectivity index (χ1v) is 10.7. The topological polar surface area (TPSA) is 72.9 Å². The highest BCUT2D eigenvalue weighted by Crippen LogP contribution is 2.33. The fraction of sp³-hybridized carbons (Fsp3) is 0.381. The maximum atomic E-state index is 12.7. The van der Waals surface area contributed by atoms with Crippen LogP contribution in [0.1, 0.15) is 31.9 Å². The number of carbonyl (C=O) groups excluding carboxylic acids is 1. The summed E-state index contributed by atoms with van der Waals surface area (Å²) in [5.74, 6) is -0.208. The third kappa shape index (κ3) is 5.11. The van der Waals surface area contributed by atoms with Crippen molar-refractivity contribution in [2.45, 2.75) is 44.6 Å². The molecule has 0 spiro atoms. The zero-order chi connectivity index (χ0) is 20.4. The van der Waals surface area contributed by atoms with Crippen LogP contribution in [0.25, 0.3) is 0 Å².